The van der Waals surface area contributed by atoms with Crippen molar-refractivity contribution in [3.05, 3.63) is 36.0 Å². The molecule has 1 unspecified atom stereocenters. The topological polar surface area (TPSA) is 54.3 Å². The molecule has 1 atom stereocenters. The number of hydrogen-bond acceptors (Lipinski definition) is 2. The van der Waals surface area contributed by atoms with Crippen LogP contribution in [0.5, 0.6) is 0 Å². The summed E-state index contributed by atoms with van der Waals surface area (Å²) in [7, 11) is 0. The molecule has 0 bridgehead atoms. The summed E-state index contributed by atoms with van der Waals surface area (Å²) in [6.45, 7) is 5.81. The lowest BCUT2D eigenvalue weighted by molar-refractivity contribution is -0.120. The number of fused-ring (bicyclic) bond motifs is 1. The molecule has 0 spiro atoms. The highest BCUT2D eigenvalue weighted by Crippen LogP contribution is 2.21. The third kappa shape index (κ3) is 3.85. The Morgan fingerprint density at radius 1 is 1.38 bits per heavy atom. The molecule has 0 aliphatic carbocycles. The van der Waals surface area contributed by atoms with Crippen LogP contribution >= 0.6 is 0 Å². The van der Waals surface area contributed by atoms with E-state index in [9.17, 15) is 4.79 Å². The summed E-state index contributed by atoms with van der Waals surface area (Å²) in [4.78, 5) is 12.1. The van der Waals surface area contributed by atoms with Crippen LogP contribution in [0.2, 0.25) is 0 Å². The number of aliphatic hydroxyl groups is 1. The van der Waals surface area contributed by atoms with E-state index in [1.165, 1.54) is 5.52 Å². The second-order valence-electron chi connectivity index (χ2n) is 5.56. The molecule has 4 heteroatoms. The fourth-order valence-corrected chi connectivity index (χ4v) is 2.57. The van der Waals surface area contributed by atoms with E-state index in [4.69, 9.17) is 5.11 Å². The number of carbonyl (C=O) groups is 1. The first-order valence-corrected chi connectivity index (χ1v) is 7.60. The molecule has 1 aromatic heterocycles. The highest BCUT2D eigenvalue weighted by molar-refractivity contribution is 5.89. The predicted molar refractivity (Wildman–Crippen MR) is 85.2 cm³/mol. The number of amides is 1. The Hall–Kier alpha value is -1.81. The molecule has 0 aliphatic heterocycles. The molecule has 0 saturated heterocycles. The van der Waals surface area contributed by atoms with Crippen LogP contribution in [0.1, 0.15) is 25.8 Å². The van der Waals surface area contributed by atoms with Gasteiger partial charge in [0, 0.05) is 36.8 Å². The normalized spacial score (nSPS) is 12.5. The number of rotatable bonds is 7. The zero-order valence-electron chi connectivity index (χ0n) is 12.8. The Kier molecular flexibility index (Phi) is 5.39. The summed E-state index contributed by atoms with van der Waals surface area (Å²) in [6, 6.07) is 8.18. The van der Waals surface area contributed by atoms with Crippen molar-refractivity contribution in [3.8, 4) is 0 Å². The molecule has 2 aromatic rings. The smallest absolute Gasteiger partial charge is 0.224 e. The molecule has 1 aromatic carbocycles. The van der Waals surface area contributed by atoms with E-state index < -0.39 is 0 Å². The summed E-state index contributed by atoms with van der Waals surface area (Å²) < 4.78 is 2.17. The van der Waals surface area contributed by atoms with Crippen molar-refractivity contribution in [1.29, 1.82) is 0 Å². The van der Waals surface area contributed by atoms with Gasteiger partial charge in [0.05, 0.1) is 6.42 Å². The second-order valence-corrected chi connectivity index (χ2v) is 5.56. The number of para-hydroxylation sites is 1. The van der Waals surface area contributed by atoms with Crippen molar-refractivity contribution in [2.75, 3.05) is 13.2 Å². The SMILES string of the molecule is CCn1cc(CC(=O)NCC(C)CCO)c2ccccc21. The zero-order chi connectivity index (χ0) is 15.2. The summed E-state index contributed by atoms with van der Waals surface area (Å²) in [5, 5.41) is 13.0. The second kappa shape index (κ2) is 7.27. The molecule has 1 heterocycles. The maximum absolute atomic E-state index is 12.1. The van der Waals surface area contributed by atoms with Gasteiger partial charge >= 0.3 is 0 Å². The molecule has 0 aliphatic rings. The predicted octanol–water partition coefficient (Wildman–Crippen LogP) is 2.34. The molecule has 4 nitrogen and oxygen atoms in total. The molecule has 0 fully saturated rings. The molecular weight excluding hydrogens is 264 g/mol. The molecule has 1 amide bonds. The Morgan fingerprint density at radius 3 is 2.86 bits per heavy atom. The Bertz CT molecular complexity index is 604. The summed E-state index contributed by atoms with van der Waals surface area (Å²) in [5.74, 6) is 0.342. The molecule has 0 radical (unpaired) electrons. The average molecular weight is 288 g/mol. The number of hydrogen-bond donors (Lipinski definition) is 2. The van der Waals surface area contributed by atoms with Gasteiger partial charge in [0.1, 0.15) is 0 Å². The van der Waals surface area contributed by atoms with Gasteiger partial charge in [0.15, 0.2) is 0 Å². The number of carbonyl (C=O) groups excluding carboxylic acids is 1. The van der Waals surface area contributed by atoms with E-state index in [0.29, 0.717) is 18.9 Å². The number of aromatic nitrogens is 1. The number of aryl methyl sites for hydroxylation is 1. The van der Waals surface area contributed by atoms with Gasteiger partial charge in [-0.25, -0.2) is 0 Å². The quantitative estimate of drug-likeness (QED) is 0.821. The Morgan fingerprint density at radius 2 is 2.14 bits per heavy atom. The minimum absolute atomic E-state index is 0.0406. The van der Waals surface area contributed by atoms with E-state index in [1.54, 1.807) is 0 Å². The van der Waals surface area contributed by atoms with E-state index in [0.717, 1.165) is 23.9 Å². The van der Waals surface area contributed by atoms with Gasteiger partial charge < -0.3 is 15.0 Å². The third-order valence-corrected chi connectivity index (χ3v) is 3.83. The largest absolute Gasteiger partial charge is 0.396 e. The van der Waals surface area contributed by atoms with Crippen molar-refractivity contribution in [1.82, 2.24) is 9.88 Å². The lowest BCUT2D eigenvalue weighted by Gasteiger charge is -2.10. The first-order chi connectivity index (χ1) is 10.2. The minimum Gasteiger partial charge on any atom is -0.396 e. The van der Waals surface area contributed by atoms with Crippen LogP contribution in [0.15, 0.2) is 30.5 Å². The number of aliphatic hydroxyl groups excluding tert-OH is 1. The number of nitrogens with zero attached hydrogens (tertiary/aromatic N) is 1. The third-order valence-electron chi connectivity index (χ3n) is 3.83. The standard InChI is InChI=1S/C17H24N2O2/c1-3-19-12-14(15-6-4-5-7-16(15)19)10-17(21)18-11-13(2)8-9-20/h4-7,12-13,20H,3,8-11H2,1-2H3,(H,18,21). The summed E-state index contributed by atoms with van der Waals surface area (Å²) in [5.41, 5.74) is 2.25. The van der Waals surface area contributed by atoms with Crippen molar-refractivity contribution >= 4 is 16.8 Å². The minimum atomic E-state index is 0.0406. The van der Waals surface area contributed by atoms with Gasteiger partial charge in [-0.3, -0.25) is 4.79 Å². The van der Waals surface area contributed by atoms with Gasteiger partial charge in [-0.1, -0.05) is 25.1 Å². The Balaban J connectivity index is 2.04. The fourth-order valence-electron chi connectivity index (χ4n) is 2.57. The molecule has 2 rings (SSSR count). The Labute approximate surface area is 125 Å². The highest BCUT2D eigenvalue weighted by Gasteiger charge is 2.11. The lowest BCUT2D eigenvalue weighted by Crippen LogP contribution is -2.29. The van der Waals surface area contributed by atoms with Gasteiger partial charge in [-0.2, -0.15) is 0 Å². The molecule has 0 saturated carbocycles. The van der Waals surface area contributed by atoms with Crippen LogP contribution in [0.4, 0.5) is 0 Å². The van der Waals surface area contributed by atoms with E-state index in [1.807, 2.05) is 19.1 Å². The lowest BCUT2D eigenvalue weighted by atomic mass is 10.1. The van der Waals surface area contributed by atoms with E-state index in [2.05, 4.69) is 35.1 Å². The maximum atomic E-state index is 12.1. The fraction of sp³-hybridized carbons (Fsp3) is 0.471. The molecular formula is C17H24N2O2. The van der Waals surface area contributed by atoms with Gasteiger partial charge in [0.2, 0.25) is 5.91 Å². The monoisotopic (exact) mass is 288 g/mol. The van der Waals surface area contributed by atoms with Crippen LogP contribution in [0.3, 0.4) is 0 Å². The zero-order valence-corrected chi connectivity index (χ0v) is 12.8. The van der Waals surface area contributed by atoms with Crippen molar-refractivity contribution < 1.29 is 9.90 Å². The van der Waals surface area contributed by atoms with E-state index in [-0.39, 0.29) is 12.5 Å². The first kappa shape index (κ1) is 15.6. The molecule has 21 heavy (non-hydrogen) atoms. The molecule has 2 N–H and O–H groups in total. The maximum Gasteiger partial charge on any atom is 0.224 e. The van der Waals surface area contributed by atoms with Gasteiger partial charge in [-0.05, 0) is 30.9 Å². The van der Waals surface area contributed by atoms with Gasteiger partial charge in [0.25, 0.3) is 0 Å². The van der Waals surface area contributed by atoms with Crippen LogP contribution < -0.4 is 5.32 Å². The first-order valence-electron chi connectivity index (χ1n) is 7.60. The van der Waals surface area contributed by atoms with Crippen molar-refractivity contribution in [2.24, 2.45) is 5.92 Å². The van der Waals surface area contributed by atoms with Gasteiger partial charge in [-0.15, -0.1) is 0 Å². The van der Waals surface area contributed by atoms with Crippen LogP contribution in [-0.2, 0) is 17.8 Å². The number of nitrogens with one attached hydrogen (secondary N) is 1. The molecule has 114 valence electrons. The summed E-state index contributed by atoms with van der Waals surface area (Å²) >= 11 is 0. The van der Waals surface area contributed by atoms with Crippen LogP contribution in [0.25, 0.3) is 10.9 Å². The van der Waals surface area contributed by atoms with Crippen LogP contribution in [-0.4, -0.2) is 28.7 Å². The highest BCUT2D eigenvalue weighted by atomic mass is 16.3. The summed E-state index contributed by atoms with van der Waals surface area (Å²) in [6.07, 6.45) is 3.19. The van der Waals surface area contributed by atoms with Crippen molar-refractivity contribution in [3.63, 3.8) is 0 Å². The number of benzene rings is 1. The average Bonchev–Trinajstić information content (AvgIpc) is 2.84. The van der Waals surface area contributed by atoms with Crippen molar-refractivity contribution in [2.45, 2.75) is 33.2 Å². The van der Waals surface area contributed by atoms with Crippen LogP contribution in [0, 0.1) is 5.92 Å². The van der Waals surface area contributed by atoms with E-state index >= 15 is 0 Å².